The third-order valence-corrected chi connectivity index (χ3v) is 4.02. The molecular weight excluding hydrogens is 324 g/mol. The Labute approximate surface area is 132 Å². The third kappa shape index (κ3) is 2.67. The number of halogens is 2. The number of hydrogen-bond acceptors (Lipinski definition) is 4. The summed E-state index contributed by atoms with van der Waals surface area (Å²) < 4.78 is 28.3. The van der Waals surface area contributed by atoms with Crippen LogP contribution in [0.15, 0.2) is 39.7 Å². The first-order valence-corrected chi connectivity index (χ1v) is 7.39. The summed E-state index contributed by atoms with van der Waals surface area (Å²) in [5.41, 5.74) is 8.39. The van der Waals surface area contributed by atoms with Gasteiger partial charge in [0, 0.05) is 22.6 Å². The van der Waals surface area contributed by atoms with Gasteiger partial charge in [-0.15, -0.1) is 11.3 Å². The number of thiazole rings is 1. The van der Waals surface area contributed by atoms with Crippen LogP contribution in [-0.4, -0.2) is 9.38 Å². The lowest BCUT2D eigenvalue weighted by Gasteiger charge is -2.12. The molecule has 0 aliphatic rings. The van der Waals surface area contributed by atoms with E-state index in [4.69, 9.17) is 5.53 Å². The van der Waals surface area contributed by atoms with Crippen LogP contribution in [0.3, 0.4) is 0 Å². The lowest BCUT2D eigenvalue weighted by atomic mass is 10.0. The smallest absolute Gasteiger partial charge is 0.266 e. The van der Waals surface area contributed by atoms with Crippen molar-refractivity contribution in [2.45, 2.75) is 13.0 Å². The topological polar surface area (TPSA) is 83.1 Å². The Bertz CT molecular complexity index is 986. The molecule has 1 aromatic carbocycles. The molecule has 3 aromatic rings. The number of rotatable bonds is 3. The van der Waals surface area contributed by atoms with Crippen molar-refractivity contribution >= 4 is 16.3 Å². The highest BCUT2D eigenvalue weighted by molar-refractivity contribution is 7.15. The van der Waals surface area contributed by atoms with E-state index < -0.39 is 23.2 Å². The first kappa shape index (κ1) is 15.1. The lowest BCUT2D eigenvalue weighted by molar-refractivity contribution is 0.584. The molecule has 1 unspecified atom stereocenters. The minimum absolute atomic E-state index is 0.0131. The number of fused-ring (bicyclic) bond motifs is 1. The second-order valence-electron chi connectivity index (χ2n) is 4.77. The van der Waals surface area contributed by atoms with E-state index in [0.717, 1.165) is 12.1 Å². The van der Waals surface area contributed by atoms with Crippen LogP contribution in [0.1, 0.15) is 18.7 Å². The average molecular weight is 333 g/mol. The molecule has 6 nitrogen and oxygen atoms in total. The van der Waals surface area contributed by atoms with E-state index in [0.29, 0.717) is 11.0 Å². The van der Waals surface area contributed by atoms with Crippen molar-refractivity contribution < 1.29 is 8.78 Å². The van der Waals surface area contributed by atoms with Gasteiger partial charge in [-0.05, 0) is 23.2 Å². The van der Waals surface area contributed by atoms with Gasteiger partial charge in [0.1, 0.15) is 11.6 Å². The monoisotopic (exact) mass is 333 g/mol. The molecule has 116 valence electrons. The molecule has 0 fully saturated rings. The van der Waals surface area contributed by atoms with Crippen LogP contribution in [0.5, 0.6) is 0 Å². The summed E-state index contributed by atoms with van der Waals surface area (Å²) in [4.78, 5) is 20.1. The average Bonchev–Trinajstić information content (AvgIpc) is 2.95. The summed E-state index contributed by atoms with van der Waals surface area (Å²) in [6.45, 7) is 1.56. The summed E-state index contributed by atoms with van der Waals surface area (Å²) in [6, 6.07) is 2.05. The molecule has 9 heteroatoms. The van der Waals surface area contributed by atoms with Crippen molar-refractivity contribution in [2.75, 3.05) is 0 Å². The number of nitrogens with zero attached hydrogens (tertiary/aromatic N) is 5. The van der Waals surface area contributed by atoms with Gasteiger partial charge in [0.2, 0.25) is 0 Å². The highest BCUT2D eigenvalue weighted by Gasteiger charge is 2.20. The van der Waals surface area contributed by atoms with Crippen LogP contribution in [0.25, 0.3) is 26.5 Å². The van der Waals surface area contributed by atoms with E-state index in [1.165, 1.54) is 21.9 Å². The minimum atomic E-state index is -0.808. The zero-order chi connectivity index (χ0) is 16.6. The second kappa shape index (κ2) is 5.79. The van der Waals surface area contributed by atoms with E-state index in [2.05, 4.69) is 15.0 Å². The molecule has 0 aliphatic heterocycles. The van der Waals surface area contributed by atoms with Crippen molar-refractivity contribution in [3.8, 4) is 11.1 Å². The van der Waals surface area contributed by atoms with Crippen molar-refractivity contribution in [3.63, 3.8) is 0 Å². The Morgan fingerprint density at radius 2 is 2.04 bits per heavy atom. The fourth-order valence-electron chi connectivity index (χ4n) is 2.30. The summed E-state index contributed by atoms with van der Waals surface area (Å²) in [5.74, 6) is -1.62. The highest BCUT2D eigenvalue weighted by Crippen LogP contribution is 2.28. The van der Waals surface area contributed by atoms with E-state index in [1.54, 1.807) is 12.3 Å². The van der Waals surface area contributed by atoms with Gasteiger partial charge in [0.05, 0.1) is 17.3 Å². The fraction of sp³-hybridized carbons (Fsp3) is 0.143. The van der Waals surface area contributed by atoms with Gasteiger partial charge in [0.15, 0.2) is 4.96 Å². The first-order valence-electron chi connectivity index (χ1n) is 6.51. The molecule has 0 saturated heterocycles. The van der Waals surface area contributed by atoms with Gasteiger partial charge >= 0.3 is 0 Å². The molecule has 1 atom stereocenters. The standard InChI is InChI=1S/C14H9F2N5OS/c1-7(19-20-17)12-11(8-4-9(15)6-10(16)5-8)13(22)21-2-3-23-14(21)18-12/h2-7H,1H3. The molecule has 23 heavy (non-hydrogen) atoms. The van der Waals surface area contributed by atoms with Crippen LogP contribution in [0.2, 0.25) is 0 Å². The SMILES string of the molecule is CC(N=[N+]=[N-])c1nc2sccn2c(=O)c1-c1cc(F)cc(F)c1. The summed E-state index contributed by atoms with van der Waals surface area (Å²) in [6.07, 6.45) is 1.52. The predicted octanol–water partition coefficient (Wildman–Crippen LogP) is 4.07. The zero-order valence-electron chi connectivity index (χ0n) is 11.8. The van der Waals surface area contributed by atoms with Crippen LogP contribution in [0.4, 0.5) is 8.78 Å². The molecule has 0 bridgehead atoms. The summed E-state index contributed by atoms with van der Waals surface area (Å²) in [5, 5.41) is 5.21. The second-order valence-corrected chi connectivity index (χ2v) is 5.64. The third-order valence-electron chi connectivity index (χ3n) is 3.27. The number of azide groups is 1. The molecular formula is C14H9F2N5OS. The Balaban J connectivity index is 2.40. The molecule has 0 spiro atoms. The summed E-state index contributed by atoms with van der Waals surface area (Å²) >= 11 is 1.23. The molecule has 0 radical (unpaired) electrons. The zero-order valence-corrected chi connectivity index (χ0v) is 12.6. The molecule has 0 amide bonds. The van der Waals surface area contributed by atoms with Gasteiger partial charge in [-0.25, -0.2) is 13.8 Å². The number of benzene rings is 1. The number of aromatic nitrogens is 2. The minimum Gasteiger partial charge on any atom is -0.268 e. The normalized spacial score (nSPS) is 12.1. The molecule has 0 aliphatic carbocycles. The van der Waals surface area contributed by atoms with Crippen molar-refractivity contribution in [1.29, 1.82) is 0 Å². The van der Waals surface area contributed by atoms with Gasteiger partial charge in [-0.3, -0.25) is 9.20 Å². The first-order chi connectivity index (χ1) is 11.0. The maximum atomic E-state index is 13.5. The van der Waals surface area contributed by atoms with Gasteiger partial charge in [-0.1, -0.05) is 12.0 Å². The Hall–Kier alpha value is -2.77. The Kier molecular flexibility index (Phi) is 3.81. The van der Waals surface area contributed by atoms with Crippen LogP contribution in [0, 0.1) is 11.6 Å². The van der Waals surface area contributed by atoms with Crippen molar-refractivity contribution in [1.82, 2.24) is 9.38 Å². The quantitative estimate of drug-likeness (QED) is 0.411. The van der Waals surface area contributed by atoms with Crippen molar-refractivity contribution in [3.05, 3.63) is 67.9 Å². The molecule has 0 saturated carbocycles. The maximum Gasteiger partial charge on any atom is 0.266 e. The van der Waals surface area contributed by atoms with Gasteiger partial charge in [-0.2, -0.15) is 0 Å². The Morgan fingerprint density at radius 3 is 2.70 bits per heavy atom. The van der Waals surface area contributed by atoms with E-state index in [1.807, 2.05) is 0 Å². The van der Waals surface area contributed by atoms with Crippen LogP contribution in [-0.2, 0) is 0 Å². The van der Waals surface area contributed by atoms with Crippen LogP contribution >= 0.6 is 11.3 Å². The molecule has 0 N–H and O–H groups in total. The van der Waals surface area contributed by atoms with Gasteiger partial charge in [0.25, 0.3) is 5.56 Å². The Morgan fingerprint density at radius 1 is 1.35 bits per heavy atom. The number of hydrogen-bond donors (Lipinski definition) is 0. The van der Waals surface area contributed by atoms with Gasteiger partial charge < -0.3 is 0 Å². The molecule has 3 rings (SSSR count). The summed E-state index contributed by atoms with van der Waals surface area (Å²) in [7, 11) is 0. The maximum absolute atomic E-state index is 13.5. The van der Waals surface area contributed by atoms with E-state index in [9.17, 15) is 13.6 Å². The van der Waals surface area contributed by atoms with E-state index >= 15 is 0 Å². The van der Waals surface area contributed by atoms with E-state index in [-0.39, 0.29) is 16.8 Å². The highest BCUT2D eigenvalue weighted by atomic mass is 32.1. The predicted molar refractivity (Wildman–Crippen MR) is 82.3 cm³/mol. The fourth-order valence-corrected chi connectivity index (χ4v) is 3.01. The van der Waals surface area contributed by atoms with Crippen molar-refractivity contribution in [2.24, 2.45) is 5.11 Å². The van der Waals surface area contributed by atoms with Crippen LogP contribution < -0.4 is 5.56 Å². The molecule has 2 aromatic heterocycles. The lowest BCUT2D eigenvalue weighted by Crippen LogP contribution is -2.19. The molecule has 2 heterocycles. The largest absolute Gasteiger partial charge is 0.268 e.